The van der Waals surface area contributed by atoms with E-state index in [0.717, 1.165) is 16.3 Å². The Morgan fingerprint density at radius 2 is 1.70 bits per heavy atom. The maximum atomic E-state index is 12.0. The van der Waals surface area contributed by atoms with Gasteiger partial charge in [0.25, 0.3) is 5.69 Å². The zero-order valence-corrected chi connectivity index (χ0v) is 15.8. The minimum Gasteiger partial charge on any atom is -0.429 e. The molecule has 4 aromatic rings. The van der Waals surface area contributed by atoms with Gasteiger partial charge in [-0.05, 0) is 35.9 Å². The molecular weight excluding hydrogens is 386 g/mol. The van der Waals surface area contributed by atoms with Gasteiger partial charge in [-0.2, -0.15) is 0 Å². The van der Waals surface area contributed by atoms with Gasteiger partial charge < -0.3 is 15.2 Å². The highest BCUT2D eigenvalue weighted by Gasteiger charge is 2.13. The maximum Gasteiger partial charge on any atom is 0.508 e. The molecule has 1 heterocycles. The van der Waals surface area contributed by atoms with Crippen LogP contribution in [-0.2, 0) is 22.7 Å². The number of para-hydroxylation sites is 1. The van der Waals surface area contributed by atoms with E-state index in [1.54, 1.807) is 6.07 Å². The number of rotatable bonds is 5. The van der Waals surface area contributed by atoms with Gasteiger partial charge in [0.05, 0.1) is 16.0 Å². The van der Waals surface area contributed by atoms with Gasteiger partial charge in [-0.25, -0.2) is 9.78 Å². The van der Waals surface area contributed by atoms with Crippen LogP contribution < -0.4 is 5.73 Å². The number of anilines is 1. The standard InChI is InChI=1S/C22H17N3O5/c23-19-10-7-16-11-15-3-1-2-4-20(15)24-21(16)18(19)13-30-22(26)29-12-14-5-8-17(9-6-14)25(27)28/h1-11H,12-13,23H2. The van der Waals surface area contributed by atoms with Crippen LogP contribution >= 0.6 is 0 Å². The summed E-state index contributed by atoms with van der Waals surface area (Å²) in [5.74, 6) is 0. The van der Waals surface area contributed by atoms with Crippen molar-refractivity contribution in [1.29, 1.82) is 0 Å². The first-order valence-electron chi connectivity index (χ1n) is 9.11. The summed E-state index contributed by atoms with van der Waals surface area (Å²) < 4.78 is 10.3. The molecule has 3 aromatic carbocycles. The first kappa shape index (κ1) is 19.1. The fraction of sp³-hybridized carbons (Fsp3) is 0.0909. The van der Waals surface area contributed by atoms with Crippen molar-refractivity contribution in [2.24, 2.45) is 0 Å². The molecule has 0 atom stereocenters. The molecule has 0 aliphatic carbocycles. The Morgan fingerprint density at radius 3 is 2.47 bits per heavy atom. The number of non-ortho nitro benzene ring substituents is 1. The summed E-state index contributed by atoms with van der Waals surface area (Å²) in [7, 11) is 0. The van der Waals surface area contributed by atoms with E-state index >= 15 is 0 Å². The van der Waals surface area contributed by atoms with Crippen molar-refractivity contribution in [3.05, 3.63) is 88.0 Å². The topological polar surface area (TPSA) is 118 Å². The predicted molar refractivity (Wildman–Crippen MR) is 112 cm³/mol. The molecule has 1 aromatic heterocycles. The van der Waals surface area contributed by atoms with Gasteiger partial charge in [0, 0.05) is 34.2 Å². The zero-order valence-electron chi connectivity index (χ0n) is 15.8. The van der Waals surface area contributed by atoms with Crippen LogP contribution in [0.2, 0.25) is 0 Å². The number of nitrogens with two attached hydrogens (primary N) is 1. The third-order valence-corrected chi connectivity index (χ3v) is 4.67. The highest BCUT2D eigenvalue weighted by Crippen LogP contribution is 2.27. The second-order valence-electron chi connectivity index (χ2n) is 6.64. The largest absolute Gasteiger partial charge is 0.508 e. The second-order valence-corrected chi connectivity index (χ2v) is 6.64. The Balaban J connectivity index is 1.46. The van der Waals surface area contributed by atoms with Gasteiger partial charge in [-0.1, -0.05) is 24.3 Å². The molecule has 4 rings (SSSR count). The number of nitrogens with zero attached hydrogens (tertiary/aromatic N) is 2. The summed E-state index contributed by atoms with van der Waals surface area (Å²) >= 11 is 0. The van der Waals surface area contributed by atoms with E-state index in [-0.39, 0.29) is 18.9 Å². The monoisotopic (exact) mass is 403 g/mol. The van der Waals surface area contributed by atoms with Crippen LogP contribution in [0.25, 0.3) is 21.8 Å². The minimum absolute atomic E-state index is 0.0345. The predicted octanol–water partition coefficient (Wildman–Crippen LogP) is 4.73. The van der Waals surface area contributed by atoms with Crippen molar-refractivity contribution in [3.63, 3.8) is 0 Å². The number of fused-ring (bicyclic) bond motifs is 2. The van der Waals surface area contributed by atoms with E-state index in [4.69, 9.17) is 15.2 Å². The number of ether oxygens (including phenoxy) is 2. The Bertz CT molecular complexity index is 1260. The van der Waals surface area contributed by atoms with E-state index in [1.807, 2.05) is 36.4 Å². The summed E-state index contributed by atoms with van der Waals surface area (Å²) in [6, 6.07) is 19.1. The number of nitro groups is 1. The minimum atomic E-state index is -0.870. The smallest absolute Gasteiger partial charge is 0.429 e. The summed E-state index contributed by atoms with van der Waals surface area (Å²) in [6.45, 7) is -0.154. The van der Waals surface area contributed by atoms with Crippen molar-refractivity contribution in [2.45, 2.75) is 13.2 Å². The maximum absolute atomic E-state index is 12.0. The SMILES string of the molecule is Nc1ccc2cc3ccccc3nc2c1COC(=O)OCc1ccc([N+](=O)[O-])cc1. The fourth-order valence-electron chi connectivity index (χ4n) is 3.10. The van der Waals surface area contributed by atoms with Gasteiger partial charge >= 0.3 is 6.16 Å². The molecule has 0 amide bonds. The molecule has 0 unspecified atom stereocenters. The molecule has 8 heteroatoms. The number of nitro benzene ring substituents is 1. The number of hydrogen-bond acceptors (Lipinski definition) is 7. The second kappa shape index (κ2) is 8.04. The van der Waals surface area contributed by atoms with Gasteiger partial charge in [0.15, 0.2) is 0 Å². The third-order valence-electron chi connectivity index (χ3n) is 4.67. The molecule has 0 bridgehead atoms. The van der Waals surface area contributed by atoms with E-state index in [2.05, 4.69) is 4.98 Å². The summed E-state index contributed by atoms with van der Waals surface area (Å²) in [5.41, 5.74) is 9.22. The van der Waals surface area contributed by atoms with E-state index in [0.29, 0.717) is 22.3 Å². The van der Waals surface area contributed by atoms with Crippen molar-refractivity contribution in [2.75, 3.05) is 5.73 Å². The number of aromatic nitrogens is 1. The van der Waals surface area contributed by atoms with Crippen molar-refractivity contribution >= 4 is 39.3 Å². The number of nitrogen functional groups attached to an aromatic ring is 1. The number of pyridine rings is 1. The van der Waals surface area contributed by atoms with E-state index in [1.165, 1.54) is 24.3 Å². The highest BCUT2D eigenvalue weighted by atomic mass is 16.7. The number of carbonyl (C=O) groups is 1. The lowest BCUT2D eigenvalue weighted by Gasteiger charge is -2.11. The lowest BCUT2D eigenvalue weighted by molar-refractivity contribution is -0.384. The van der Waals surface area contributed by atoms with E-state index < -0.39 is 11.1 Å². The quantitative estimate of drug-likeness (QED) is 0.168. The normalized spacial score (nSPS) is 10.8. The molecule has 150 valence electrons. The molecule has 2 N–H and O–H groups in total. The lowest BCUT2D eigenvalue weighted by Crippen LogP contribution is -2.09. The van der Waals surface area contributed by atoms with Crippen LogP contribution in [0.4, 0.5) is 16.2 Å². The van der Waals surface area contributed by atoms with Crippen molar-refractivity contribution < 1.29 is 19.2 Å². The van der Waals surface area contributed by atoms with Gasteiger partial charge in [0.2, 0.25) is 0 Å². The Morgan fingerprint density at radius 1 is 0.967 bits per heavy atom. The van der Waals surface area contributed by atoms with Crippen LogP contribution in [-0.4, -0.2) is 16.1 Å². The Hall–Kier alpha value is -4.20. The first-order chi connectivity index (χ1) is 14.5. The van der Waals surface area contributed by atoms with Gasteiger partial charge in [-0.3, -0.25) is 10.1 Å². The molecule has 0 aliphatic heterocycles. The third kappa shape index (κ3) is 3.97. The Kier molecular flexibility index (Phi) is 5.13. The number of carbonyl (C=O) groups excluding carboxylic acids is 1. The highest BCUT2D eigenvalue weighted by molar-refractivity contribution is 5.95. The number of benzene rings is 3. The van der Waals surface area contributed by atoms with Gasteiger partial charge in [-0.15, -0.1) is 0 Å². The summed E-state index contributed by atoms with van der Waals surface area (Å²) in [6.07, 6.45) is -0.870. The first-order valence-corrected chi connectivity index (χ1v) is 9.11. The summed E-state index contributed by atoms with van der Waals surface area (Å²) in [5, 5.41) is 12.6. The molecule has 8 nitrogen and oxygen atoms in total. The molecule has 30 heavy (non-hydrogen) atoms. The zero-order chi connectivity index (χ0) is 21.1. The van der Waals surface area contributed by atoms with E-state index in [9.17, 15) is 14.9 Å². The summed E-state index contributed by atoms with van der Waals surface area (Å²) in [4.78, 5) is 26.9. The lowest BCUT2D eigenvalue weighted by atomic mass is 10.1. The molecule has 0 radical (unpaired) electrons. The molecule has 0 aliphatic rings. The molecule has 0 saturated heterocycles. The van der Waals surface area contributed by atoms with Gasteiger partial charge in [0.1, 0.15) is 13.2 Å². The van der Waals surface area contributed by atoms with Crippen LogP contribution in [0.3, 0.4) is 0 Å². The number of hydrogen-bond donors (Lipinski definition) is 1. The van der Waals surface area contributed by atoms with Crippen LogP contribution in [0.1, 0.15) is 11.1 Å². The molecule has 0 spiro atoms. The Labute approximate surface area is 171 Å². The van der Waals surface area contributed by atoms with Crippen molar-refractivity contribution in [3.8, 4) is 0 Å². The van der Waals surface area contributed by atoms with Crippen LogP contribution in [0.5, 0.6) is 0 Å². The van der Waals surface area contributed by atoms with Crippen molar-refractivity contribution in [1.82, 2.24) is 4.98 Å². The molecular formula is C22H17N3O5. The van der Waals surface area contributed by atoms with Crippen LogP contribution in [0, 0.1) is 10.1 Å². The molecule has 0 saturated carbocycles. The fourth-order valence-corrected chi connectivity index (χ4v) is 3.10. The van der Waals surface area contributed by atoms with Crippen LogP contribution in [0.15, 0.2) is 66.7 Å². The average Bonchev–Trinajstić information content (AvgIpc) is 2.76. The average molecular weight is 403 g/mol. The molecule has 0 fully saturated rings.